The summed E-state index contributed by atoms with van der Waals surface area (Å²) < 4.78 is 6.03. The second-order valence-corrected chi connectivity index (χ2v) is 7.11. The Kier molecular flexibility index (Phi) is 6.16. The molecule has 1 fully saturated rings. The minimum atomic E-state index is -1.27. The van der Waals surface area contributed by atoms with Crippen LogP contribution in [0.25, 0.3) is 0 Å². The molecule has 0 saturated heterocycles. The fourth-order valence-electron chi connectivity index (χ4n) is 3.38. The summed E-state index contributed by atoms with van der Waals surface area (Å²) in [4.78, 5) is 25.4. The summed E-state index contributed by atoms with van der Waals surface area (Å²) in [6, 6.07) is 10.2. The Balaban J connectivity index is 0.00000210. The molecule has 0 bridgehead atoms. The molecule has 2 aromatic carbocycles. The Hall–Kier alpha value is -1.53. The first-order valence-corrected chi connectivity index (χ1v) is 8.99. The van der Waals surface area contributed by atoms with Gasteiger partial charge in [-0.25, -0.2) is 0 Å². The molecule has 134 valence electrons. The van der Waals surface area contributed by atoms with Gasteiger partial charge in [0.1, 0.15) is 5.75 Å². The minimum absolute atomic E-state index is 0. The molecule has 7 heteroatoms. The molecule has 0 N–H and O–H groups in total. The van der Waals surface area contributed by atoms with Gasteiger partial charge in [-0.2, -0.15) is 0 Å². The summed E-state index contributed by atoms with van der Waals surface area (Å²) in [6.45, 7) is 0.283. The van der Waals surface area contributed by atoms with Gasteiger partial charge in [0.05, 0.1) is 25.0 Å². The average molecular weight is 394 g/mol. The topological polar surface area (TPSA) is 69.7 Å². The van der Waals surface area contributed by atoms with Gasteiger partial charge in [-0.05, 0) is 49.1 Å². The molecule has 27 heavy (non-hydrogen) atoms. The Labute approximate surface area is 184 Å². The number of hydrogen-bond acceptors (Lipinski definition) is 4. The molecule has 1 saturated carbocycles. The zero-order valence-electron chi connectivity index (χ0n) is 15.0. The van der Waals surface area contributed by atoms with E-state index in [-0.39, 0.29) is 60.1 Å². The van der Waals surface area contributed by atoms with Crippen molar-refractivity contribution >= 4 is 29.2 Å². The minimum Gasteiger partial charge on any atom is -0.545 e. The first kappa shape index (κ1) is 20.2. The number of carboxylic acids is 1. The second kappa shape index (κ2) is 8.23. The number of nitrogens with zero attached hydrogens (tertiary/aromatic N) is 1. The first-order valence-electron chi connectivity index (χ1n) is 8.61. The Morgan fingerprint density at radius 2 is 2.04 bits per heavy atom. The van der Waals surface area contributed by atoms with Crippen molar-refractivity contribution in [1.29, 1.82) is 0 Å². The SMILES string of the molecule is O=C([O-])c1cccc2c1CC(=O)N2Cc1cc(Cl)ccc1OC1CCC1.[Na+]. The summed E-state index contributed by atoms with van der Waals surface area (Å²) in [7, 11) is 0. The number of fused-ring (bicyclic) bond motifs is 1. The van der Waals surface area contributed by atoms with E-state index in [9.17, 15) is 14.7 Å². The zero-order chi connectivity index (χ0) is 18.3. The van der Waals surface area contributed by atoms with Gasteiger partial charge in [0, 0.05) is 21.8 Å². The Morgan fingerprint density at radius 1 is 1.26 bits per heavy atom. The van der Waals surface area contributed by atoms with Crippen molar-refractivity contribution < 1.29 is 49.0 Å². The third-order valence-corrected chi connectivity index (χ3v) is 5.22. The quantitative estimate of drug-likeness (QED) is 0.656. The third-order valence-electron chi connectivity index (χ3n) is 4.99. The van der Waals surface area contributed by atoms with Gasteiger partial charge < -0.3 is 19.5 Å². The molecular weight excluding hydrogens is 377 g/mol. The maximum atomic E-state index is 12.5. The summed E-state index contributed by atoms with van der Waals surface area (Å²) in [5.41, 5.74) is 1.98. The van der Waals surface area contributed by atoms with E-state index in [2.05, 4.69) is 0 Å². The molecule has 4 rings (SSSR count). The summed E-state index contributed by atoms with van der Waals surface area (Å²) in [5, 5.41) is 11.9. The van der Waals surface area contributed by atoms with Crippen LogP contribution < -0.4 is 44.3 Å². The number of aromatic carboxylic acids is 1. The van der Waals surface area contributed by atoms with Crippen LogP contribution in [0.2, 0.25) is 5.02 Å². The molecule has 2 aromatic rings. The normalized spacial score (nSPS) is 15.7. The van der Waals surface area contributed by atoms with Crippen molar-refractivity contribution in [2.75, 3.05) is 4.90 Å². The molecule has 0 aromatic heterocycles. The van der Waals surface area contributed by atoms with Crippen LogP contribution >= 0.6 is 11.6 Å². The molecule has 0 unspecified atom stereocenters. The summed E-state index contributed by atoms with van der Waals surface area (Å²) >= 11 is 6.15. The maximum Gasteiger partial charge on any atom is 1.00 e. The van der Waals surface area contributed by atoms with Crippen LogP contribution in [-0.2, 0) is 17.8 Å². The van der Waals surface area contributed by atoms with Crippen LogP contribution in [0, 0.1) is 0 Å². The van der Waals surface area contributed by atoms with Crippen molar-refractivity contribution in [3.63, 3.8) is 0 Å². The predicted octanol–water partition coefficient (Wildman–Crippen LogP) is -0.272. The molecule has 1 aliphatic carbocycles. The maximum absolute atomic E-state index is 12.5. The zero-order valence-corrected chi connectivity index (χ0v) is 17.8. The van der Waals surface area contributed by atoms with E-state index >= 15 is 0 Å². The number of carboxylic acid groups (broad SMARTS) is 1. The Morgan fingerprint density at radius 3 is 2.70 bits per heavy atom. The fourth-order valence-corrected chi connectivity index (χ4v) is 3.58. The molecule has 2 aliphatic rings. The van der Waals surface area contributed by atoms with E-state index in [4.69, 9.17) is 16.3 Å². The number of amides is 1. The number of hydrogen-bond donors (Lipinski definition) is 0. The smallest absolute Gasteiger partial charge is 0.545 e. The van der Waals surface area contributed by atoms with Crippen molar-refractivity contribution in [3.05, 3.63) is 58.1 Å². The molecule has 1 heterocycles. The van der Waals surface area contributed by atoms with Gasteiger partial charge >= 0.3 is 29.6 Å². The summed E-state index contributed by atoms with van der Waals surface area (Å²) in [6.07, 6.45) is 3.49. The predicted molar refractivity (Wildman–Crippen MR) is 95.4 cm³/mol. The molecule has 1 aliphatic heterocycles. The molecule has 1 amide bonds. The van der Waals surface area contributed by atoms with Crippen LogP contribution in [0.1, 0.15) is 40.7 Å². The fraction of sp³-hybridized carbons (Fsp3) is 0.300. The molecule has 0 atom stereocenters. The average Bonchev–Trinajstić information content (AvgIpc) is 2.88. The largest absolute Gasteiger partial charge is 1.00 e. The van der Waals surface area contributed by atoms with Crippen LogP contribution in [0.15, 0.2) is 36.4 Å². The standard InChI is InChI=1S/C20H18ClNO4.Na/c21-13-7-8-18(26-14-3-1-4-14)12(9-13)11-22-17-6-2-5-15(20(24)25)16(17)10-19(22)23;/h2,5-9,14H,1,3-4,10-11H2,(H,24,25);/q;+1/p-1. The number of carbonyl (C=O) groups is 2. The summed E-state index contributed by atoms with van der Waals surface area (Å²) in [5.74, 6) is -0.701. The van der Waals surface area contributed by atoms with Gasteiger partial charge in [-0.1, -0.05) is 23.7 Å². The van der Waals surface area contributed by atoms with E-state index in [0.717, 1.165) is 30.6 Å². The van der Waals surface area contributed by atoms with Gasteiger partial charge in [0.25, 0.3) is 0 Å². The van der Waals surface area contributed by atoms with Crippen LogP contribution in [-0.4, -0.2) is 18.0 Å². The van der Waals surface area contributed by atoms with E-state index < -0.39 is 5.97 Å². The van der Waals surface area contributed by atoms with Crippen LogP contribution in [0.3, 0.4) is 0 Å². The van der Waals surface area contributed by atoms with Gasteiger partial charge in [0.15, 0.2) is 0 Å². The van der Waals surface area contributed by atoms with Crippen LogP contribution in [0.5, 0.6) is 5.75 Å². The molecule has 0 radical (unpaired) electrons. The van der Waals surface area contributed by atoms with Crippen LogP contribution in [0.4, 0.5) is 5.69 Å². The van der Waals surface area contributed by atoms with E-state index in [1.807, 2.05) is 6.07 Å². The van der Waals surface area contributed by atoms with E-state index in [1.54, 1.807) is 29.2 Å². The number of rotatable bonds is 5. The van der Waals surface area contributed by atoms with Crippen molar-refractivity contribution in [2.24, 2.45) is 0 Å². The Bertz CT molecular complexity index is 898. The third kappa shape index (κ3) is 4.02. The van der Waals surface area contributed by atoms with Crippen molar-refractivity contribution in [2.45, 2.75) is 38.3 Å². The number of halogens is 1. The van der Waals surface area contributed by atoms with Gasteiger partial charge in [0.2, 0.25) is 5.91 Å². The second-order valence-electron chi connectivity index (χ2n) is 6.67. The number of ether oxygens (including phenoxy) is 1. The van der Waals surface area contributed by atoms with E-state index in [0.29, 0.717) is 16.3 Å². The molecule has 5 nitrogen and oxygen atoms in total. The van der Waals surface area contributed by atoms with Gasteiger partial charge in [-0.15, -0.1) is 0 Å². The number of carbonyl (C=O) groups excluding carboxylic acids is 2. The van der Waals surface area contributed by atoms with Crippen molar-refractivity contribution in [1.82, 2.24) is 0 Å². The monoisotopic (exact) mass is 393 g/mol. The number of anilines is 1. The van der Waals surface area contributed by atoms with Gasteiger partial charge in [-0.3, -0.25) is 4.79 Å². The number of benzene rings is 2. The molecular formula is C20H17ClNNaO4. The van der Waals surface area contributed by atoms with Crippen molar-refractivity contribution in [3.8, 4) is 5.75 Å². The molecule has 0 spiro atoms. The first-order chi connectivity index (χ1) is 12.5. The van der Waals surface area contributed by atoms with E-state index in [1.165, 1.54) is 6.07 Å².